The maximum absolute atomic E-state index is 12.4. The van der Waals surface area contributed by atoms with E-state index in [1.807, 2.05) is 0 Å². The predicted molar refractivity (Wildman–Crippen MR) is 55.7 cm³/mol. The summed E-state index contributed by atoms with van der Waals surface area (Å²) in [5.74, 6) is -1.31. The van der Waals surface area contributed by atoms with Crippen LogP contribution in [0, 0.1) is 6.92 Å². The van der Waals surface area contributed by atoms with Gasteiger partial charge in [-0.05, 0) is 35.7 Å². The second kappa shape index (κ2) is 4.45. The minimum atomic E-state index is -3.80. The van der Waals surface area contributed by atoms with Crippen molar-refractivity contribution in [3.63, 3.8) is 0 Å². The van der Waals surface area contributed by atoms with Crippen molar-refractivity contribution in [3.05, 3.63) is 34.3 Å². The van der Waals surface area contributed by atoms with Gasteiger partial charge in [-0.25, -0.2) is 0 Å². The van der Waals surface area contributed by atoms with Crippen LogP contribution in [0.4, 0.5) is 8.78 Å². The van der Waals surface area contributed by atoms with Gasteiger partial charge in [0.1, 0.15) is 0 Å². The molecular formula is C10H8Cl2F2O. The Morgan fingerprint density at radius 3 is 2.53 bits per heavy atom. The molecule has 0 N–H and O–H groups in total. The van der Waals surface area contributed by atoms with Crippen molar-refractivity contribution in [1.29, 1.82) is 0 Å². The molecule has 1 rings (SSSR count). The van der Waals surface area contributed by atoms with E-state index >= 15 is 0 Å². The number of rotatable bonds is 3. The maximum Gasteiger partial charge on any atom is 0.380 e. The minimum Gasteiger partial charge on any atom is -0.291 e. The van der Waals surface area contributed by atoms with E-state index in [4.69, 9.17) is 11.6 Å². The molecule has 0 bridgehead atoms. The molecule has 1 nitrogen and oxygen atoms in total. The molecule has 82 valence electrons. The van der Waals surface area contributed by atoms with Crippen LogP contribution in [-0.2, 0) is 11.2 Å². The number of carbonyl (C=O) groups excluding carboxylic acids is 1. The Morgan fingerprint density at radius 1 is 1.47 bits per heavy atom. The molecule has 1 aromatic rings. The first-order chi connectivity index (χ1) is 6.80. The Bertz CT molecular complexity index is 385. The zero-order chi connectivity index (χ0) is 11.6. The molecule has 0 heterocycles. The van der Waals surface area contributed by atoms with Crippen molar-refractivity contribution in [2.24, 2.45) is 0 Å². The van der Waals surface area contributed by atoms with Crippen LogP contribution in [0.3, 0.4) is 0 Å². The number of hydrogen-bond donors (Lipinski definition) is 0. The Hall–Kier alpha value is -0.670. The average Bonchev–Trinajstić information content (AvgIpc) is 2.10. The first kappa shape index (κ1) is 12.4. The van der Waals surface area contributed by atoms with Gasteiger partial charge in [-0.3, -0.25) is 4.79 Å². The van der Waals surface area contributed by atoms with Crippen molar-refractivity contribution in [1.82, 2.24) is 0 Å². The van der Waals surface area contributed by atoms with Crippen LogP contribution in [-0.4, -0.2) is 11.2 Å². The summed E-state index contributed by atoms with van der Waals surface area (Å²) in [6.07, 6.45) is -0.394. The summed E-state index contributed by atoms with van der Waals surface area (Å²) in [5, 5.41) is -3.27. The second-order valence-electron chi connectivity index (χ2n) is 3.18. The van der Waals surface area contributed by atoms with Crippen LogP contribution in [0.2, 0.25) is 5.02 Å². The second-order valence-corrected chi connectivity index (χ2v) is 4.06. The van der Waals surface area contributed by atoms with E-state index in [1.165, 1.54) is 6.07 Å². The average molecular weight is 253 g/mol. The summed E-state index contributed by atoms with van der Waals surface area (Å²) >= 11 is 10.3. The molecule has 0 aliphatic rings. The standard InChI is InChI=1S/C10H8Cl2F2O/c1-6-4-7(2-3-8(6)11)5-9(15)10(12,13)14/h2-4H,5H2,1H3. The number of carbonyl (C=O) groups is 1. The molecule has 0 saturated heterocycles. The number of hydrogen-bond acceptors (Lipinski definition) is 1. The van der Waals surface area contributed by atoms with Crippen LogP contribution in [0.5, 0.6) is 0 Å². The number of benzene rings is 1. The highest BCUT2D eigenvalue weighted by Crippen LogP contribution is 2.23. The van der Waals surface area contributed by atoms with Crippen molar-refractivity contribution < 1.29 is 13.6 Å². The number of aryl methyl sites for hydroxylation is 1. The summed E-state index contributed by atoms with van der Waals surface area (Å²) < 4.78 is 24.7. The normalized spacial score (nSPS) is 11.5. The van der Waals surface area contributed by atoms with Gasteiger partial charge in [-0.15, -0.1) is 0 Å². The van der Waals surface area contributed by atoms with Gasteiger partial charge >= 0.3 is 5.38 Å². The van der Waals surface area contributed by atoms with Crippen molar-refractivity contribution >= 4 is 29.0 Å². The first-order valence-electron chi connectivity index (χ1n) is 4.16. The third kappa shape index (κ3) is 3.43. The summed E-state index contributed by atoms with van der Waals surface area (Å²) in [5.41, 5.74) is 1.21. The minimum absolute atomic E-state index is 0.394. The molecule has 0 amide bonds. The topological polar surface area (TPSA) is 17.1 Å². The molecule has 5 heteroatoms. The van der Waals surface area contributed by atoms with Gasteiger partial charge in [-0.2, -0.15) is 8.78 Å². The van der Waals surface area contributed by atoms with Gasteiger partial charge < -0.3 is 0 Å². The number of ketones is 1. The van der Waals surface area contributed by atoms with Crippen molar-refractivity contribution in [2.45, 2.75) is 18.7 Å². The first-order valence-corrected chi connectivity index (χ1v) is 4.91. The fourth-order valence-corrected chi connectivity index (χ4v) is 1.29. The molecule has 0 spiro atoms. The molecule has 0 fully saturated rings. The van der Waals surface area contributed by atoms with Gasteiger partial charge in [0.25, 0.3) is 0 Å². The Morgan fingerprint density at radius 2 is 2.07 bits per heavy atom. The SMILES string of the molecule is Cc1cc(CC(=O)C(F)(F)Cl)ccc1Cl. The predicted octanol–water partition coefficient (Wildman–Crippen LogP) is 3.59. The monoisotopic (exact) mass is 252 g/mol. The molecule has 0 aliphatic carbocycles. The zero-order valence-electron chi connectivity index (χ0n) is 7.86. The number of alkyl halides is 3. The van der Waals surface area contributed by atoms with Crippen LogP contribution in [0.25, 0.3) is 0 Å². The molecule has 15 heavy (non-hydrogen) atoms. The molecule has 0 unspecified atom stereocenters. The Labute approximate surface area is 96.0 Å². The highest BCUT2D eigenvalue weighted by molar-refractivity contribution is 6.32. The molecule has 0 radical (unpaired) electrons. The van der Waals surface area contributed by atoms with E-state index in [0.717, 1.165) is 5.56 Å². The van der Waals surface area contributed by atoms with Gasteiger partial charge in [0.15, 0.2) is 0 Å². The summed E-state index contributed by atoms with van der Waals surface area (Å²) in [6, 6.07) is 4.67. The maximum atomic E-state index is 12.4. The van der Waals surface area contributed by atoms with Crippen LogP contribution < -0.4 is 0 Å². The lowest BCUT2D eigenvalue weighted by Crippen LogP contribution is -2.23. The van der Waals surface area contributed by atoms with E-state index in [2.05, 4.69) is 11.6 Å². The van der Waals surface area contributed by atoms with E-state index in [0.29, 0.717) is 10.6 Å². The smallest absolute Gasteiger partial charge is 0.291 e. The number of Topliss-reactive ketones (excluding diaryl/α,β-unsaturated/α-hetero) is 1. The third-order valence-corrected chi connectivity index (χ3v) is 2.54. The molecule has 0 saturated carbocycles. The summed E-state index contributed by atoms with van der Waals surface area (Å²) in [4.78, 5) is 10.9. The number of halogens is 4. The third-order valence-electron chi connectivity index (χ3n) is 1.90. The Balaban J connectivity index is 2.83. The largest absolute Gasteiger partial charge is 0.380 e. The lowest BCUT2D eigenvalue weighted by Gasteiger charge is -2.07. The fraction of sp³-hybridized carbons (Fsp3) is 0.300. The van der Waals surface area contributed by atoms with Crippen molar-refractivity contribution in [2.75, 3.05) is 0 Å². The molecular weight excluding hydrogens is 245 g/mol. The van der Waals surface area contributed by atoms with Crippen LogP contribution in [0.15, 0.2) is 18.2 Å². The molecule has 0 aliphatic heterocycles. The van der Waals surface area contributed by atoms with E-state index in [9.17, 15) is 13.6 Å². The molecule has 1 aromatic carbocycles. The highest BCUT2D eigenvalue weighted by Gasteiger charge is 2.34. The highest BCUT2D eigenvalue weighted by atomic mass is 35.5. The summed E-state index contributed by atoms with van der Waals surface area (Å²) in [7, 11) is 0. The quantitative estimate of drug-likeness (QED) is 0.752. The van der Waals surface area contributed by atoms with E-state index in [1.54, 1.807) is 19.1 Å². The van der Waals surface area contributed by atoms with Gasteiger partial charge in [-0.1, -0.05) is 23.7 Å². The lowest BCUT2D eigenvalue weighted by molar-refractivity contribution is -0.132. The summed E-state index contributed by atoms with van der Waals surface area (Å²) in [6.45, 7) is 1.73. The van der Waals surface area contributed by atoms with Crippen LogP contribution in [0.1, 0.15) is 11.1 Å². The Kier molecular flexibility index (Phi) is 3.68. The molecule has 0 atom stereocenters. The van der Waals surface area contributed by atoms with Gasteiger partial charge in [0.2, 0.25) is 5.78 Å². The van der Waals surface area contributed by atoms with Gasteiger partial charge in [0.05, 0.1) is 0 Å². The molecule has 0 aromatic heterocycles. The van der Waals surface area contributed by atoms with Gasteiger partial charge in [0, 0.05) is 11.4 Å². The van der Waals surface area contributed by atoms with E-state index < -0.39 is 17.6 Å². The lowest BCUT2D eigenvalue weighted by atomic mass is 10.1. The van der Waals surface area contributed by atoms with Crippen LogP contribution >= 0.6 is 23.2 Å². The van der Waals surface area contributed by atoms with E-state index in [-0.39, 0.29) is 0 Å². The van der Waals surface area contributed by atoms with Crippen molar-refractivity contribution in [3.8, 4) is 0 Å². The zero-order valence-corrected chi connectivity index (χ0v) is 9.37. The fourth-order valence-electron chi connectivity index (χ4n) is 1.10.